The molecule has 4 nitrogen and oxygen atoms in total. The van der Waals surface area contributed by atoms with Crippen LogP contribution in [0.25, 0.3) is 0 Å². The third-order valence-corrected chi connectivity index (χ3v) is 6.45. The van der Waals surface area contributed by atoms with Crippen LogP contribution in [0.1, 0.15) is 32.6 Å². The zero-order valence-electron chi connectivity index (χ0n) is 12.4. The third-order valence-electron chi connectivity index (χ3n) is 3.98. The van der Waals surface area contributed by atoms with E-state index in [-0.39, 0.29) is 0 Å². The largest absolute Gasteiger partial charge is 0.301 e. The van der Waals surface area contributed by atoms with Gasteiger partial charge in [0.1, 0.15) is 0 Å². The molecule has 1 fully saturated rings. The van der Waals surface area contributed by atoms with Gasteiger partial charge in [0.2, 0.25) is 10.0 Å². The maximum Gasteiger partial charge on any atom is 0.241 e. The predicted octanol–water partition coefficient (Wildman–Crippen LogP) is 2.99. The molecule has 1 saturated heterocycles. The summed E-state index contributed by atoms with van der Waals surface area (Å²) in [5.41, 5.74) is 0. The van der Waals surface area contributed by atoms with Crippen LogP contribution < -0.4 is 4.72 Å². The molecule has 0 aromatic heterocycles. The third kappa shape index (κ3) is 4.77. The fourth-order valence-corrected chi connectivity index (χ4v) is 4.79. The standard InChI is InChI=1S/C15H23BrN2O2S/c1-13-7-4-5-11-18(13)12-6-10-17-21(19,20)15-9-3-2-8-14(15)16/h2-3,8-9,13,17H,4-7,10-12H2,1H3. The number of likely N-dealkylation sites (tertiary alicyclic amines) is 1. The molecule has 1 N–H and O–H groups in total. The van der Waals surface area contributed by atoms with Crippen LogP contribution in [0.5, 0.6) is 0 Å². The Morgan fingerprint density at radius 2 is 2.10 bits per heavy atom. The van der Waals surface area contributed by atoms with Crippen molar-refractivity contribution in [3.63, 3.8) is 0 Å². The summed E-state index contributed by atoms with van der Waals surface area (Å²) >= 11 is 3.28. The lowest BCUT2D eigenvalue weighted by molar-refractivity contribution is 0.159. The molecule has 0 bridgehead atoms. The van der Waals surface area contributed by atoms with Crippen molar-refractivity contribution in [1.82, 2.24) is 9.62 Å². The van der Waals surface area contributed by atoms with Gasteiger partial charge in [-0.15, -0.1) is 0 Å². The summed E-state index contributed by atoms with van der Waals surface area (Å²) in [6.45, 7) is 4.83. The van der Waals surface area contributed by atoms with E-state index < -0.39 is 10.0 Å². The minimum Gasteiger partial charge on any atom is -0.301 e. The summed E-state index contributed by atoms with van der Waals surface area (Å²) in [4.78, 5) is 2.76. The summed E-state index contributed by atoms with van der Waals surface area (Å²) < 4.78 is 27.7. The van der Waals surface area contributed by atoms with Crippen molar-refractivity contribution >= 4 is 26.0 Å². The van der Waals surface area contributed by atoms with Crippen molar-refractivity contribution in [2.24, 2.45) is 0 Å². The van der Waals surface area contributed by atoms with Gasteiger partial charge < -0.3 is 4.90 Å². The van der Waals surface area contributed by atoms with E-state index in [9.17, 15) is 8.42 Å². The fourth-order valence-electron chi connectivity index (χ4n) is 2.72. The van der Waals surface area contributed by atoms with Crippen LogP contribution in [0.15, 0.2) is 33.6 Å². The van der Waals surface area contributed by atoms with Gasteiger partial charge in [0, 0.05) is 17.1 Å². The van der Waals surface area contributed by atoms with E-state index in [1.165, 1.54) is 19.3 Å². The number of nitrogens with one attached hydrogen (secondary N) is 1. The van der Waals surface area contributed by atoms with Crippen LogP contribution in [-0.2, 0) is 10.0 Å². The number of piperidine rings is 1. The number of hydrogen-bond donors (Lipinski definition) is 1. The average molecular weight is 375 g/mol. The topological polar surface area (TPSA) is 49.4 Å². The Labute approximate surface area is 136 Å². The van der Waals surface area contributed by atoms with E-state index in [1.54, 1.807) is 24.3 Å². The minimum absolute atomic E-state index is 0.302. The maximum absolute atomic E-state index is 12.2. The summed E-state index contributed by atoms with van der Waals surface area (Å²) in [6.07, 6.45) is 4.66. The van der Waals surface area contributed by atoms with E-state index in [0.29, 0.717) is 22.0 Å². The molecular formula is C15H23BrN2O2S. The highest BCUT2D eigenvalue weighted by atomic mass is 79.9. The second-order valence-electron chi connectivity index (χ2n) is 5.56. The van der Waals surface area contributed by atoms with E-state index in [1.807, 2.05) is 0 Å². The molecule has 1 unspecified atom stereocenters. The molecular weight excluding hydrogens is 352 g/mol. The van der Waals surface area contributed by atoms with Crippen molar-refractivity contribution in [1.29, 1.82) is 0 Å². The fraction of sp³-hybridized carbons (Fsp3) is 0.600. The van der Waals surface area contributed by atoms with Crippen LogP contribution in [0.3, 0.4) is 0 Å². The molecule has 1 heterocycles. The Morgan fingerprint density at radius 3 is 2.81 bits per heavy atom. The number of hydrogen-bond acceptors (Lipinski definition) is 3. The van der Waals surface area contributed by atoms with Gasteiger partial charge in [-0.05, 0) is 67.3 Å². The van der Waals surface area contributed by atoms with Gasteiger partial charge in [-0.2, -0.15) is 0 Å². The van der Waals surface area contributed by atoms with Crippen molar-refractivity contribution < 1.29 is 8.42 Å². The molecule has 0 amide bonds. The predicted molar refractivity (Wildman–Crippen MR) is 88.8 cm³/mol. The van der Waals surface area contributed by atoms with E-state index in [0.717, 1.165) is 19.5 Å². The van der Waals surface area contributed by atoms with Gasteiger partial charge in [-0.3, -0.25) is 0 Å². The van der Waals surface area contributed by atoms with Crippen molar-refractivity contribution in [3.05, 3.63) is 28.7 Å². The minimum atomic E-state index is -3.42. The summed E-state index contributed by atoms with van der Waals surface area (Å²) in [7, 11) is -3.42. The zero-order chi connectivity index (χ0) is 15.3. The zero-order valence-corrected chi connectivity index (χ0v) is 14.8. The van der Waals surface area contributed by atoms with Gasteiger partial charge >= 0.3 is 0 Å². The van der Waals surface area contributed by atoms with E-state index in [2.05, 4.69) is 32.5 Å². The van der Waals surface area contributed by atoms with Crippen molar-refractivity contribution in [2.75, 3.05) is 19.6 Å². The number of halogens is 1. The second kappa shape index (κ2) is 7.72. The quantitative estimate of drug-likeness (QED) is 0.778. The SMILES string of the molecule is CC1CCCCN1CCCNS(=O)(=O)c1ccccc1Br. The first-order valence-corrected chi connectivity index (χ1v) is 9.76. The Hall–Kier alpha value is -0.430. The first-order chi connectivity index (χ1) is 10.0. The molecule has 2 rings (SSSR count). The highest BCUT2D eigenvalue weighted by Gasteiger charge is 2.19. The Bertz CT molecular complexity index is 563. The van der Waals surface area contributed by atoms with Crippen molar-refractivity contribution in [2.45, 2.75) is 43.5 Å². The molecule has 0 spiro atoms. The normalized spacial score (nSPS) is 20.6. The lowest BCUT2D eigenvalue weighted by Crippen LogP contribution is -2.39. The molecule has 6 heteroatoms. The molecule has 0 radical (unpaired) electrons. The lowest BCUT2D eigenvalue weighted by atomic mass is 10.0. The molecule has 1 aromatic rings. The van der Waals surface area contributed by atoms with Gasteiger partial charge in [-0.25, -0.2) is 13.1 Å². The van der Waals surface area contributed by atoms with Gasteiger partial charge in [0.25, 0.3) is 0 Å². The number of nitrogens with zero attached hydrogens (tertiary/aromatic N) is 1. The number of rotatable bonds is 6. The van der Waals surface area contributed by atoms with E-state index >= 15 is 0 Å². The van der Waals surface area contributed by atoms with Crippen LogP contribution in [0.4, 0.5) is 0 Å². The highest BCUT2D eigenvalue weighted by Crippen LogP contribution is 2.21. The summed E-state index contributed by atoms with van der Waals surface area (Å²) in [6, 6.07) is 7.51. The molecule has 0 saturated carbocycles. The van der Waals surface area contributed by atoms with Gasteiger partial charge in [0.15, 0.2) is 0 Å². The Morgan fingerprint density at radius 1 is 1.33 bits per heavy atom. The second-order valence-corrected chi connectivity index (χ2v) is 8.15. The van der Waals surface area contributed by atoms with Crippen molar-refractivity contribution in [3.8, 4) is 0 Å². The lowest BCUT2D eigenvalue weighted by Gasteiger charge is -2.33. The first kappa shape index (κ1) is 16.9. The highest BCUT2D eigenvalue weighted by molar-refractivity contribution is 9.10. The summed E-state index contributed by atoms with van der Waals surface area (Å²) in [5, 5.41) is 0. The molecule has 21 heavy (non-hydrogen) atoms. The van der Waals surface area contributed by atoms with Crippen LogP contribution >= 0.6 is 15.9 Å². The van der Waals surface area contributed by atoms with Crippen LogP contribution in [-0.4, -0.2) is 39.0 Å². The molecule has 1 atom stereocenters. The summed E-state index contributed by atoms with van der Waals surface area (Å²) in [5.74, 6) is 0. The molecule has 1 aromatic carbocycles. The van der Waals surface area contributed by atoms with Gasteiger partial charge in [-0.1, -0.05) is 18.6 Å². The van der Waals surface area contributed by atoms with Gasteiger partial charge in [0.05, 0.1) is 4.90 Å². The maximum atomic E-state index is 12.2. The smallest absolute Gasteiger partial charge is 0.241 e. The molecule has 1 aliphatic heterocycles. The van der Waals surface area contributed by atoms with Crippen LogP contribution in [0, 0.1) is 0 Å². The first-order valence-electron chi connectivity index (χ1n) is 7.49. The molecule has 118 valence electrons. The van der Waals surface area contributed by atoms with E-state index in [4.69, 9.17) is 0 Å². The van der Waals surface area contributed by atoms with Crippen LogP contribution in [0.2, 0.25) is 0 Å². The molecule has 1 aliphatic rings. The molecule has 0 aliphatic carbocycles. The Kier molecular flexibility index (Phi) is 6.22. The Balaban J connectivity index is 1.81. The average Bonchev–Trinajstić information content (AvgIpc) is 2.45. The number of sulfonamides is 1. The monoisotopic (exact) mass is 374 g/mol. The number of benzene rings is 1.